The van der Waals surface area contributed by atoms with Crippen LogP contribution < -0.4 is 0 Å². The summed E-state index contributed by atoms with van der Waals surface area (Å²) >= 11 is 0. The predicted molar refractivity (Wildman–Crippen MR) is 120 cm³/mol. The number of ether oxygens (including phenoxy) is 2. The first-order valence-corrected chi connectivity index (χ1v) is 13.4. The Hall–Kier alpha value is -1.27. The van der Waals surface area contributed by atoms with Crippen molar-refractivity contribution in [2.75, 3.05) is 13.4 Å². The Morgan fingerprint density at radius 1 is 1.21 bits per heavy atom. The van der Waals surface area contributed by atoms with E-state index in [4.69, 9.17) is 13.9 Å². The number of hydrogen-bond donors (Lipinski definition) is 0. The predicted octanol–water partition coefficient (Wildman–Crippen LogP) is 5.74. The molecule has 5 heteroatoms. The monoisotopic (exact) mass is 418 g/mol. The molecule has 1 fully saturated rings. The first-order chi connectivity index (χ1) is 13.5. The Kier molecular flexibility index (Phi) is 8.02. The van der Waals surface area contributed by atoms with Gasteiger partial charge in [0.1, 0.15) is 13.1 Å². The molecule has 29 heavy (non-hydrogen) atoms. The lowest BCUT2D eigenvalue weighted by Gasteiger charge is -2.50. The first kappa shape index (κ1) is 24.0. The summed E-state index contributed by atoms with van der Waals surface area (Å²) in [5, 5.41) is 0.110. The molecule has 3 atom stereocenters. The quantitative estimate of drug-likeness (QED) is 0.169. The van der Waals surface area contributed by atoms with Crippen LogP contribution in [-0.4, -0.2) is 34.1 Å². The van der Waals surface area contributed by atoms with E-state index in [0.29, 0.717) is 13.2 Å². The highest BCUT2D eigenvalue weighted by Gasteiger charge is 2.50. The second-order valence-electron chi connectivity index (χ2n) is 9.98. The van der Waals surface area contributed by atoms with Crippen molar-refractivity contribution in [1.82, 2.24) is 0 Å². The maximum absolute atomic E-state index is 12.0. The fraction of sp³-hybridized carbons (Fsp3) is 0.625. The van der Waals surface area contributed by atoms with E-state index < -0.39 is 13.7 Å². The zero-order chi connectivity index (χ0) is 21.7. The average Bonchev–Trinajstić information content (AvgIpc) is 2.64. The molecular formula is C24H38O4Si. The number of aldehydes is 1. The summed E-state index contributed by atoms with van der Waals surface area (Å²) in [4.78, 5) is 12.0. The third-order valence-corrected chi connectivity index (χ3v) is 11.2. The summed E-state index contributed by atoms with van der Waals surface area (Å²) in [7, 11) is -1.98. The molecule has 1 aromatic rings. The van der Waals surface area contributed by atoms with Crippen LogP contribution in [0.3, 0.4) is 0 Å². The van der Waals surface area contributed by atoms with E-state index in [1.165, 1.54) is 0 Å². The highest BCUT2D eigenvalue weighted by Crippen LogP contribution is 2.48. The second-order valence-corrected chi connectivity index (χ2v) is 14.7. The van der Waals surface area contributed by atoms with Gasteiger partial charge in [-0.15, -0.1) is 0 Å². The van der Waals surface area contributed by atoms with Crippen LogP contribution in [0.15, 0.2) is 42.5 Å². The summed E-state index contributed by atoms with van der Waals surface area (Å²) in [6.45, 7) is 18.6. The van der Waals surface area contributed by atoms with Gasteiger partial charge < -0.3 is 18.7 Å². The van der Waals surface area contributed by atoms with Crippen LogP contribution in [0.5, 0.6) is 0 Å². The smallest absolute Gasteiger partial charge is 0.192 e. The molecule has 0 spiro atoms. The minimum Gasteiger partial charge on any atom is -0.413 e. The van der Waals surface area contributed by atoms with Gasteiger partial charge in [-0.25, -0.2) is 0 Å². The number of allylic oxidation sites excluding steroid dienone is 1. The van der Waals surface area contributed by atoms with Gasteiger partial charge in [0.2, 0.25) is 0 Å². The summed E-state index contributed by atoms with van der Waals surface area (Å²) in [5.74, 6) is -0.264. The largest absolute Gasteiger partial charge is 0.413 e. The van der Waals surface area contributed by atoms with Gasteiger partial charge in [-0.3, -0.25) is 0 Å². The third kappa shape index (κ3) is 5.88. The zero-order valence-corrected chi connectivity index (χ0v) is 20.0. The van der Waals surface area contributed by atoms with Crippen LogP contribution in [0.2, 0.25) is 18.1 Å². The molecule has 0 saturated heterocycles. The number of hydrogen-bond acceptors (Lipinski definition) is 4. The van der Waals surface area contributed by atoms with Crippen LogP contribution in [0.1, 0.15) is 46.1 Å². The number of rotatable bonds is 9. The Bertz CT molecular complexity index is 680. The van der Waals surface area contributed by atoms with Crippen LogP contribution in [0, 0.1) is 11.3 Å². The number of benzene rings is 1. The van der Waals surface area contributed by atoms with Crippen LogP contribution in [0.4, 0.5) is 0 Å². The maximum atomic E-state index is 12.0. The van der Waals surface area contributed by atoms with Gasteiger partial charge in [0.25, 0.3) is 0 Å². The van der Waals surface area contributed by atoms with Crippen molar-refractivity contribution in [3.8, 4) is 0 Å². The standard InChI is InChI=1S/C24H38O4Si/c1-19-13-14-22(28-29(6,7)23(2,3)4)24(5,21(19)15-25)17-27-18-26-16-20-11-9-8-10-12-20/h8-12,15,21-22H,1,13-14,16-18H2,2-7H3/t21-,22+,24+/m1/s1. The Morgan fingerprint density at radius 2 is 1.86 bits per heavy atom. The lowest BCUT2D eigenvalue weighted by atomic mass is 9.65. The van der Waals surface area contributed by atoms with Crippen molar-refractivity contribution in [2.45, 2.75) is 71.4 Å². The van der Waals surface area contributed by atoms with Crippen LogP contribution >= 0.6 is 0 Å². The molecule has 1 saturated carbocycles. The molecule has 0 amide bonds. The third-order valence-electron chi connectivity index (χ3n) is 6.68. The highest BCUT2D eigenvalue weighted by molar-refractivity contribution is 6.74. The molecule has 1 aliphatic rings. The second kappa shape index (κ2) is 9.69. The highest BCUT2D eigenvalue weighted by atomic mass is 28.4. The van der Waals surface area contributed by atoms with Gasteiger partial charge in [-0.05, 0) is 36.5 Å². The SMILES string of the molecule is C=C1CC[C@H](O[Si](C)(C)C(C)(C)C)[C@@](C)(COCOCc2ccccc2)[C@@H]1C=O. The first-order valence-electron chi connectivity index (χ1n) is 10.5. The molecule has 2 rings (SSSR count). The summed E-state index contributed by atoms with van der Waals surface area (Å²) in [5.41, 5.74) is 1.65. The molecule has 162 valence electrons. The Balaban J connectivity index is 2.04. The number of carbonyl (C=O) groups excluding carboxylic acids is 1. The fourth-order valence-corrected chi connectivity index (χ4v) is 5.13. The number of carbonyl (C=O) groups is 1. The van der Waals surface area contributed by atoms with Gasteiger partial charge in [0, 0.05) is 11.3 Å². The van der Waals surface area contributed by atoms with Crippen LogP contribution in [-0.2, 0) is 25.3 Å². The van der Waals surface area contributed by atoms with Crippen molar-refractivity contribution in [3.05, 3.63) is 48.0 Å². The molecule has 0 radical (unpaired) electrons. The molecule has 0 unspecified atom stereocenters. The lowest BCUT2D eigenvalue weighted by Crippen LogP contribution is -2.54. The molecule has 4 nitrogen and oxygen atoms in total. The van der Waals surface area contributed by atoms with E-state index in [0.717, 1.165) is 30.3 Å². The van der Waals surface area contributed by atoms with Gasteiger partial charge in [-0.1, -0.05) is 70.2 Å². The topological polar surface area (TPSA) is 44.8 Å². The minimum absolute atomic E-state index is 0.0294. The van der Waals surface area contributed by atoms with Gasteiger partial charge >= 0.3 is 0 Å². The van der Waals surface area contributed by atoms with Crippen molar-refractivity contribution < 1.29 is 18.7 Å². The minimum atomic E-state index is -1.98. The van der Waals surface area contributed by atoms with Gasteiger partial charge in [0.15, 0.2) is 8.32 Å². The molecule has 0 aromatic heterocycles. The van der Waals surface area contributed by atoms with Crippen molar-refractivity contribution in [3.63, 3.8) is 0 Å². The van der Waals surface area contributed by atoms with E-state index >= 15 is 0 Å². The van der Waals surface area contributed by atoms with Crippen molar-refractivity contribution >= 4 is 14.6 Å². The van der Waals surface area contributed by atoms with E-state index in [2.05, 4.69) is 47.4 Å². The Labute approximate surface area is 177 Å². The summed E-state index contributed by atoms with van der Waals surface area (Å²) in [6.07, 6.45) is 2.69. The van der Waals surface area contributed by atoms with Gasteiger partial charge in [0.05, 0.1) is 19.3 Å². The average molecular weight is 419 g/mol. The van der Waals surface area contributed by atoms with E-state index in [9.17, 15) is 4.79 Å². The molecule has 1 aliphatic carbocycles. The maximum Gasteiger partial charge on any atom is 0.192 e. The fourth-order valence-electron chi connectivity index (χ4n) is 3.68. The summed E-state index contributed by atoms with van der Waals surface area (Å²) < 4.78 is 18.4. The molecule has 1 aromatic carbocycles. The van der Waals surface area contributed by atoms with E-state index in [-0.39, 0.29) is 23.9 Å². The molecule has 0 N–H and O–H groups in total. The van der Waals surface area contributed by atoms with Crippen molar-refractivity contribution in [1.29, 1.82) is 0 Å². The summed E-state index contributed by atoms with van der Waals surface area (Å²) in [6, 6.07) is 10.0. The molecule has 0 aliphatic heterocycles. The molecule has 0 heterocycles. The van der Waals surface area contributed by atoms with E-state index in [1.54, 1.807) is 0 Å². The molecule has 0 bridgehead atoms. The van der Waals surface area contributed by atoms with Crippen molar-refractivity contribution in [2.24, 2.45) is 11.3 Å². The van der Waals surface area contributed by atoms with E-state index in [1.807, 2.05) is 30.3 Å². The normalized spacial score (nSPS) is 25.8. The Morgan fingerprint density at radius 3 is 2.45 bits per heavy atom. The van der Waals surface area contributed by atoms with Crippen LogP contribution in [0.25, 0.3) is 0 Å². The van der Waals surface area contributed by atoms with Gasteiger partial charge in [-0.2, -0.15) is 0 Å². The zero-order valence-electron chi connectivity index (χ0n) is 19.0. The lowest BCUT2D eigenvalue weighted by molar-refractivity contribution is -0.137. The molecular weight excluding hydrogens is 380 g/mol.